The summed E-state index contributed by atoms with van der Waals surface area (Å²) in [6.45, 7) is 5.73. The molecule has 0 fully saturated rings. The van der Waals surface area contributed by atoms with E-state index in [-0.39, 0.29) is 11.9 Å². The summed E-state index contributed by atoms with van der Waals surface area (Å²) in [5, 5.41) is 10.2. The second-order valence-corrected chi connectivity index (χ2v) is 7.87. The van der Waals surface area contributed by atoms with E-state index in [1.165, 1.54) is 0 Å². The van der Waals surface area contributed by atoms with Crippen molar-refractivity contribution in [3.05, 3.63) is 47.5 Å². The molecule has 0 aliphatic carbocycles. The van der Waals surface area contributed by atoms with E-state index in [1.54, 1.807) is 7.11 Å². The third kappa shape index (κ3) is 6.95. The normalized spacial score (nSPS) is 15.9. The highest BCUT2D eigenvalue weighted by molar-refractivity contribution is 5.83. The molecule has 0 saturated heterocycles. The van der Waals surface area contributed by atoms with Gasteiger partial charge in [-0.15, -0.1) is 0 Å². The molecule has 2 aromatic rings. The molecule has 1 amide bonds. The molecule has 2 N–H and O–H groups in total. The number of carboxylic acid groups (broad SMARTS) is 1. The lowest BCUT2D eigenvalue weighted by atomic mass is 9.99. The molecule has 3 rings (SSSR count). The number of ether oxygens (including phenoxy) is 1. The predicted molar refractivity (Wildman–Crippen MR) is 115 cm³/mol. The Bertz CT molecular complexity index is 959. The average molecular weight is 470 g/mol. The number of amides is 1. The van der Waals surface area contributed by atoms with E-state index in [0.29, 0.717) is 12.6 Å². The van der Waals surface area contributed by atoms with Crippen LogP contribution >= 0.6 is 0 Å². The molecule has 33 heavy (non-hydrogen) atoms. The number of aliphatic carboxylic acids is 1. The Labute approximate surface area is 190 Å². The first-order valence-electron chi connectivity index (χ1n) is 10.4. The summed E-state index contributed by atoms with van der Waals surface area (Å²) in [7, 11) is 3.63. The number of aromatic nitrogens is 2. The van der Waals surface area contributed by atoms with Crippen LogP contribution in [0.3, 0.4) is 0 Å². The van der Waals surface area contributed by atoms with Crippen LogP contribution < -0.4 is 10.1 Å². The molecule has 1 aromatic carbocycles. The Kier molecular flexibility index (Phi) is 8.86. The minimum atomic E-state index is -5.08. The van der Waals surface area contributed by atoms with Gasteiger partial charge in [0.1, 0.15) is 11.8 Å². The Morgan fingerprint density at radius 2 is 2.00 bits per heavy atom. The number of alkyl halides is 3. The van der Waals surface area contributed by atoms with Crippen LogP contribution in [0.1, 0.15) is 36.8 Å². The number of halogens is 3. The van der Waals surface area contributed by atoms with Gasteiger partial charge in [0.2, 0.25) is 5.91 Å². The Balaban J connectivity index is 0.000000479. The van der Waals surface area contributed by atoms with Gasteiger partial charge in [-0.25, -0.2) is 9.78 Å². The van der Waals surface area contributed by atoms with Crippen molar-refractivity contribution in [1.82, 2.24) is 19.8 Å². The van der Waals surface area contributed by atoms with Crippen LogP contribution in [0.15, 0.2) is 30.6 Å². The molecule has 1 aliphatic heterocycles. The van der Waals surface area contributed by atoms with Gasteiger partial charge in [-0.3, -0.25) is 9.69 Å². The highest BCUT2D eigenvalue weighted by Crippen LogP contribution is 2.30. The number of aryl methyl sites for hydroxylation is 1. The number of carboxylic acids is 1. The SMILES string of the molecule is COc1cccc(CCNC(=O)C2c3c(ncn3C)CCN2C(C)C)c1.O=C(O)C(F)(F)F. The molecule has 0 spiro atoms. The quantitative estimate of drug-likeness (QED) is 0.674. The fourth-order valence-corrected chi connectivity index (χ4v) is 3.64. The molecule has 0 saturated carbocycles. The Morgan fingerprint density at radius 1 is 1.33 bits per heavy atom. The largest absolute Gasteiger partial charge is 0.497 e. The smallest absolute Gasteiger partial charge is 0.490 e. The fraction of sp³-hybridized carbons (Fsp3) is 0.500. The van der Waals surface area contributed by atoms with Crippen molar-refractivity contribution >= 4 is 11.9 Å². The lowest BCUT2D eigenvalue weighted by molar-refractivity contribution is -0.192. The number of nitrogens with one attached hydrogen (secondary N) is 1. The van der Waals surface area contributed by atoms with Crippen molar-refractivity contribution in [2.24, 2.45) is 7.05 Å². The summed E-state index contributed by atoms with van der Waals surface area (Å²) >= 11 is 0. The molecule has 2 heterocycles. The lowest BCUT2D eigenvalue weighted by Crippen LogP contribution is -2.48. The minimum Gasteiger partial charge on any atom is -0.497 e. The third-order valence-electron chi connectivity index (χ3n) is 5.26. The van der Waals surface area contributed by atoms with Crippen LogP contribution in [0.4, 0.5) is 13.2 Å². The Hall–Kier alpha value is -3.08. The first-order valence-corrected chi connectivity index (χ1v) is 10.4. The highest BCUT2D eigenvalue weighted by Gasteiger charge is 2.38. The van der Waals surface area contributed by atoms with Crippen molar-refractivity contribution in [2.45, 2.75) is 44.9 Å². The molecule has 11 heteroatoms. The van der Waals surface area contributed by atoms with E-state index >= 15 is 0 Å². The van der Waals surface area contributed by atoms with Gasteiger partial charge in [0.25, 0.3) is 0 Å². The maximum absolute atomic E-state index is 13.0. The Morgan fingerprint density at radius 3 is 2.58 bits per heavy atom. The van der Waals surface area contributed by atoms with Crippen LogP contribution in [-0.2, 0) is 29.5 Å². The zero-order valence-electron chi connectivity index (χ0n) is 19.0. The number of methoxy groups -OCH3 is 1. The molecular formula is C22H29F3N4O4. The second-order valence-electron chi connectivity index (χ2n) is 7.87. The standard InChI is InChI=1S/C20H28N4O2.C2HF3O2/c1-14(2)24-11-9-17-18(23(3)13-22-17)19(24)20(25)21-10-8-15-6-5-7-16(12-15)26-4;3-2(4,5)1(6)7/h5-7,12-14,19H,8-11H2,1-4H3,(H,21,25);(H,6,7). The molecule has 182 valence electrons. The zero-order valence-corrected chi connectivity index (χ0v) is 19.0. The van der Waals surface area contributed by atoms with Gasteiger partial charge in [0.05, 0.1) is 24.8 Å². The topological polar surface area (TPSA) is 96.7 Å². The van der Waals surface area contributed by atoms with Gasteiger partial charge in [0, 0.05) is 32.6 Å². The maximum atomic E-state index is 13.0. The van der Waals surface area contributed by atoms with Crippen molar-refractivity contribution in [3.63, 3.8) is 0 Å². The first-order chi connectivity index (χ1) is 15.5. The van der Waals surface area contributed by atoms with Crippen molar-refractivity contribution < 1.29 is 32.6 Å². The van der Waals surface area contributed by atoms with Crippen molar-refractivity contribution in [3.8, 4) is 5.75 Å². The number of hydrogen-bond donors (Lipinski definition) is 2. The van der Waals surface area contributed by atoms with Crippen LogP contribution in [-0.4, -0.2) is 63.9 Å². The zero-order chi connectivity index (χ0) is 24.8. The predicted octanol–water partition coefficient (Wildman–Crippen LogP) is 2.73. The van der Waals surface area contributed by atoms with E-state index in [0.717, 1.165) is 42.1 Å². The van der Waals surface area contributed by atoms with Gasteiger partial charge in [0.15, 0.2) is 0 Å². The molecular weight excluding hydrogens is 441 g/mol. The monoisotopic (exact) mass is 470 g/mol. The third-order valence-corrected chi connectivity index (χ3v) is 5.26. The maximum Gasteiger partial charge on any atom is 0.490 e. The van der Waals surface area contributed by atoms with E-state index in [9.17, 15) is 18.0 Å². The van der Waals surface area contributed by atoms with E-state index in [4.69, 9.17) is 14.6 Å². The first kappa shape index (κ1) is 26.2. The summed E-state index contributed by atoms with van der Waals surface area (Å²) in [4.78, 5) is 28.6. The van der Waals surface area contributed by atoms with Crippen LogP contribution in [0.25, 0.3) is 0 Å². The van der Waals surface area contributed by atoms with Crippen LogP contribution in [0, 0.1) is 0 Å². The van der Waals surface area contributed by atoms with Crippen LogP contribution in [0.2, 0.25) is 0 Å². The van der Waals surface area contributed by atoms with E-state index < -0.39 is 12.1 Å². The van der Waals surface area contributed by atoms with Gasteiger partial charge >= 0.3 is 12.1 Å². The summed E-state index contributed by atoms with van der Waals surface area (Å²) in [5.74, 6) is -1.87. The molecule has 8 nitrogen and oxygen atoms in total. The number of benzene rings is 1. The number of nitrogens with zero attached hydrogens (tertiary/aromatic N) is 3. The molecule has 0 radical (unpaired) electrons. The summed E-state index contributed by atoms with van der Waals surface area (Å²) in [6, 6.07) is 7.97. The molecule has 1 unspecified atom stereocenters. The highest BCUT2D eigenvalue weighted by atomic mass is 19.4. The number of fused-ring (bicyclic) bond motifs is 1. The summed E-state index contributed by atoms with van der Waals surface area (Å²) < 4.78 is 39.0. The average Bonchev–Trinajstić information content (AvgIpc) is 3.13. The van der Waals surface area contributed by atoms with Crippen LogP contribution in [0.5, 0.6) is 5.75 Å². The molecule has 1 aromatic heterocycles. The van der Waals surface area contributed by atoms with Crippen molar-refractivity contribution in [2.75, 3.05) is 20.2 Å². The lowest BCUT2D eigenvalue weighted by Gasteiger charge is -2.37. The number of rotatable bonds is 6. The summed E-state index contributed by atoms with van der Waals surface area (Å²) in [5.41, 5.74) is 3.21. The molecule has 1 aliphatic rings. The van der Waals surface area contributed by atoms with Gasteiger partial charge in [-0.1, -0.05) is 12.1 Å². The van der Waals surface area contributed by atoms with Gasteiger partial charge < -0.3 is 19.7 Å². The number of carbonyl (C=O) groups excluding carboxylic acids is 1. The summed E-state index contributed by atoms with van der Waals surface area (Å²) in [6.07, 6.45) is -1.61. The van der Waals surface area contributed by atoms with Gasteiger partial charge in [-0.05, 0) is 38.0 Å². The second kappa shape index (κ2) is 11.2. The molecule has 1 atom stereocenters. The number of hydrogen-bond acceptors (Lipinski definition) is 5. The fourth-order valence-electron chi connectivity index (χ4n) is 3.64. The number of imidazole rings is 1. The van der Waals surface area contributed by atoms with E-state index in [1.807, 2.05) is 36.1 Å². The molecule has 0 bridgehead atoms. The van der Waals surface area contributed by atoms with Crippen molar-refractivity contribution in [1.29, 1.82) is 0 Å². The number of carbonyl (C=O) groups is 2. The van der Waals surface area contributed by atoms with E-state index in [2.05, 4.69) is 35.1 Å². The minimum absolute atomic E-state index is 0.0474. The van der Waals surface area contributed by atoms with Gasteiger partial charge in [-0.2, -0.15) is 13.2 Å².